The number of hydrogen-bond acceptors (Lipinski definition) is 3. The number of carbonyl (C=O) groups excluding carboxylic acids is 1. The lowest BCUT2D eigenvalue weighted by molar-refractivity contribution is -0.118. The molecule has 0 N–H and O–H groups in total. The van der Waals surface area contributed by atoms with E-state index in [0.717, 1.165) is 12.5 Å². The fourth-order valence-electron chi connectivity index (χ4n) is 2.83. The number of carbonyl (C=O) groups is 1. The van der Waals surface area contributed by atoms with Crippen molar-refractivity contribution in [1.82, 2.24) is 4.98 Å². The first-order valence-electron chi connectivity index (χ1n) is 7.90. The third kappa shape index (κ3) is 3.72. The second-order valence-electron chi connectivity index (χ2n) is 6.09. The highest BCUT2D eigenvalue weighted by molar-refractivity contribution is 6.07. The predicted octanol–water partition coefficient (Wildman–Crippen LogP) is 3.78. The number of aliphatic imine (C=N–C) groups is 1. The van der Waals surface area contributed by atoms with Gasteiger partial charge in [-0.3, -0.25) is 14.8 Å². The van der Waals surface area contributed by atoms with Crippen LogP contribution in [0.3, 0.4) is 0 Å². The van der Waals surface area contributed by atoms with Crippen LogP contribution in [-0.2, 0) is 24.2 Å². The molecule has 1 aliphatic heterocycles. The molecule has 3 rings (SSSR count). The first-order chi connectivity index (χ1) is 11.4. The summed E-state index contributed by atoms with van der Waals surface area (Å²) in [6, 6.07) is 11.5. The molecule has 2 aromatic rings. The molecule has 124 valence electrons. The number of nitrogens with zero attached hydrogens (tertiary/aromatic N) is 2. The molecular formula is C19H18F2N2O. The van der Waals surface area contributed by atoms with Crippen LogP contribution >= 0.6 is 0 Å². The minimum Gasteiger partial charge on any atom is -0.299 e. The molecule has 1 aliphatic rings. The molecule has 5 heteroatoms. The Hall–Kier alpha value is -2.43. The average molecular weight is 328 g/mol. The molecule has 0 saturated carbocycles. The minimum absolute atomic E-state index is 0.0891. The summed E-state index contributed by atoms with van der Waals surface area (Å²) in [6.45, 7) is 1.06. The van der Waals surface area contributed by atoms with Gasteiger partial charge in [-0.2, -0.15) is 8.78 Å². The van der Waals surface area contributed by atoms with Gasteiger partial charge in [-0.05, 0) is 23.6 Å². The highest BCUT2D eigenvalue weighted by Crippen LogP contribution is 2.28. The number of Topliss-reactive ketones (excluding diaryl/α,β-unsaturated/α-hetero) is 1. The Morgan fingerprint density at radius 1 is 1.25 bits per heavy atom. The zero-order chi connectivity index (χ0) is 17.2. The standard InChI is InChI=1S/C19H18F2N2O/c1-19(20,21)18-17-12-22-15(9-14(17)11-23-18)10-16(24)8-7-13-5-3-2-4-6-13/h2-6,9,12H,7-8,10-11H2,1H3. The van der Waals surface area contributed by atoms with Crippen molar-refractivity contribution in [3.05, 3.63) is 65.0 Å². The summed E-state index contributed by atoms with van der Waals surface area (Å²) >= 11 is 0. The van der Waals surface area contributed by atoms with Gasteiger partial charge in [0.05, 0.1) is 6.54 Å². The Labute approximate surface area is 139 Å². The van der Waals surface area contributed by atoms with Crippen LogP contribution in [0.1, 0.15) is 35.7 Å². The fraction of sp³-hybridized carbons (Fsp3) is 0.316. The molecule has 3 nitrogen and oxygen atoms in total. The van der Waals surface area contributed by atoms with Gasteiger partial charge in [0.1, 0.15) is 11.5 Å². The normalized spacial score (nSPS) is 13.5. The fourth-order valence-corrected chi connectivity index (χ4v) is 2.83. The van der Waals surface area contributed by atoms with Crippen molar-refractivity contribution in [1.29, 1.82) is 0 Å². The Morgan fingerprint density at radius 2 is 2.00 bits per heavy atom. The Kier molecular flexibility index (Phi) is 4.51. The van der Waals surface area contributed by atoms with Crippen LogP contribution in [0.4, 0.5) is 8.78 Å². The van der Waals surface area contributed by atoms with E-state index in [1.54, 1.807) is 6.07 Å². The van der Waals surface area contributed by atoms with Crippen LogP contribution in [-0.4, -0.2) is 22.4 Å². The molecule has 0 spiro atoms. The van der Waals surface area contributed by atoms with Crippen molar-refractivity contribution < 1.29 is 13.6 Å². The van der Waals surface area contributed by atoms with E-state index in [1.807, 2.05) is 30.3 Å². The highest BCUT2D eigenvalue weighted by atomic mass is 19.3. The number of fused-ring (bicyclic) bond motifs is 1. The topological polar surface area (TPSA) is 42.3 Å². The van der Waals surface area contributed by atoms with Gasteiger partial charge >= 0.3 is 0 Å². The van der Waals surface area contributed by atoms with Gasteiger partial charge < -0.3 is 0 Å². The molecule has 0 atom stereocenters. The molecule has 0 radical (unpaired) electrons. The summed E-state index contributed by atoms with van der Waals surface area (Å²) < 4.78 is 26.9. The number of hydrogen-bond donors (Lipinski definition) is 0. The molecule has 0 saturated heterocycles. The monoisotopic (exact) mass is 328 g/mol. The zero-order valence-electron chi connectivity index (χ0n) is 13.4. The molecule has 0 amide bonds. The van der Waals surface area contributed by atoms with Crippen molar-refractivity contribution >= 4 is 11.5 Å². The lowest BCUT2D eigenvalue weighted by Gasteiger charge is -2.11. The van der Waals surface area contributed by atoms with E-state index in [1.165, 1.54) is 6.20 Å². The summed E-state index contributed by atoms with van der Waals surface area (Å²) in [6.07, 6.45) is 2.77. The van der Waals surface area contributed by atoms with Crippen LogP contribution in [0.5, 0.6) is 0 Å². The Bertz CT molecular complexity index is 780. The van der Waals surface area contributed by atoms with E-state index in [4.69, 9.17) is 0 Å². The van der Waals surface area contributed by atoms with Crippen LogP contribution in [0.2, 0.25) is 0 Å². The number of ketones is 1. The summed E-state index contributed by atoms with van der Waals surface area (Å²) in [5, 5.41) is 0. The number of rotatable bonds is 6. The first kappa shape index (κ1) is 16.4. The third-order valence-electron chi connectivity index (χ3n) is 4.04. The van der Waals surface area contributed by atoms with Crippen LogP contribution in [0.15, 0.2) is 47.6 Å². The number of aryl methyl sites for hydroxylation is 1. The second kappa shape index (κ2) is 6.59. The largest absolute Gasteiger partial charge is 0.299 e. The van der Waals surface area contributed by atoms with Crippen molar-refractivity contribution in [2.24, 2.45) is 4.99 Å². The molecule has 2 heterocycles. The number of alkyl halides is 2. The van der Waals surface area contributed by atoms with E-state index in [9.17, 15) is 13.6 Å². The zero-order valence-corrected chi connectivity index (χ0v) is 13.4. The highest BCUT2D eigenvalue weighted by Gasteiger charge is 2.35. The molecular weight excluding hydrogens is 310 g/mol. The maximum Gasteiger partial charge on any atom is 0.287 e. The summed E-state index contributed by atoms with van der Waals surface area (Å²) in [5.41, 5.74) is 2.63. The van der Waals surface area contributed by atoms with Crippen LogP contribution in [0, 0.1) is 0 Å². The summed E-state index contributed by atoms with van der Waals surface area (Å²) in [7, 11) is 0. The van der Waals surface area contributed by atoms with Gasteiger partial charge in [-0.25, -0.2) is 0 Å². The number of aromatic nitrogens is 1. The minimum atomic E-state index is -2.97. The van der Waals surface area contributed by atoms with Gasteiger partial charge in [0.2, 0.25) is 0 Å². The molecule has 24 heavy (non-hydrogen) atoms. The van der Waals surface area contributed by atoms with Crippen LogP contribution < -0.4 is 0 Å². The van der Waals surface area contributed by atoms with Gasteiger partial charge in [0, 0.05) is 37.2 Å². The Balaban J connectivity index is 1.62. The van der Waals surface area contributed by atoms with Crippen molar-refractivity contribution in [2.75, 3.05) is 0 Å². The van der Waals surface area contributed by atoms with Gasteiger partial charge in [-0.15, -0.1) is 0 Å². The number of benzene rings is 1. The van der Waals surface area contributed by atoms with E-state index in [2.05, 4.69) is 9.98 Å². The van der Waals surface area contributed by atoms with E-state index < -0.39 is 5.92 Å². The van der Waals surface area contributed by atoms with Crippen molar-refractivity contribution in [3.63, 3.8) is 0 Å². The molecule has 1 aromatic carbocycles. The van der Waals surface area contributed by atoms with Gasteiger partial charge in [-0.1, -0.05) is 30.3 Å². The second-order valence-corrected chi connectivity index (χ2v) is 6.09. The molecule has 0 aliphatic carbocycles. The molecule has 0 fully saturated rings. The maximum absolute atomic E-state index is 13.5. The first-order valence-corrected chi connectivity index (χ1v) is 7.90. The molecule has 0 unspecified atom stereocenters. The number of halogens is 2. The van der Waals surface area contributed by atoms with Crippen LogP contribution in [0.25, 0.3) is 0 Å². The van der Waals surface area contributed by atoms with Gasteiger partial charge in [0.25, 0.3) is 5.92 Å². The van der Waals surface area contributed by atoms with E-state index in [-0.39, 0.29) is 24.5 Å². The Morgan fingerprint density at radius 3 is 2.71 bits per heavy atom. The third-order valence-corrected chi connectivity index (χ3v) is 4.04. The number of pyridine rings is 1. The molecule has 1 aromatic heterocycles. The summed E-state index contributed by atoms with van der Waals surface area (Å²) in [5.74, 6) is -2.88. The predicted molar refractivity (Wildman–Crippen MR) is 88.6 cm³/mol. The lowest BCUT2D eigenvalue weighted by atomic mass is 10.0. The van der Waals surface area contributed by atoms with E-state index >= 15 is 0 Å². The maximum atomic E-state index is 13.5. The van der Waals surface area contributed by atoms with Crippen molar-refractivity contribution in [3.8, 4) is 0 Å². The van der Waals surface area contributed by atoms with Crippen molar-refractivity contribution in [2.45, 2.75) is 38.7 Å². The quantitative estimate of drug-likeness (QED) is 0.810. The van der Waals surface area contributed by atoms with Gasteiger partial charge in [0.15, 0.2) is 0 Å². The lowest BCUT2D eigenvalue weighted by Crippen LogP contribution is -2.24. The summed E-state index contributed by atoms with van der Waals surface area (Å²) in [4.78, 5) is 20.2. The SMILES string of the molecule is CC(F)(F)C1=NCc2cc(CC(=O)CCc3ccccc3)ncc21. The van der Waals surface area contributed by atoms with E-state index in [0.29, 0.717) is 29.7 Å². The smallest absolute Gasteiger partial charge is 0.287 e. The average Bonchev–Trinajstić information content (AvgIpc) is 2.97. The molecule has 0 bridgehead atoms.